The number of nitrogens with zero attached hydrogens (tertiary/aromatic N) is 4. The number of ether oxygens (including phenoxy) is 3. The summed E-state index contributed by atoms with van der Waals surface area (Å²) < 4.78 is 33.0. The van der Waals surface area contributed by atoms with Crippen molar-refractivity contribution < 1.29 is 23.4 Å². The number of hydrogen-bond acceptors (Lipinski definition) is 7. The molecular weight excluding hydrogens is 459 g/mol. The molecule has 1 fully saturated rings. The molecule has 1 amide bonds. The second-order valence-electron chi connectivity index (χ2n) is 7.68. The van der Waals surface area contributed by atoms with Crippen molar-refractivity contribution in [3.05, 3.63) is 60.2 Å². The average molecular weight is 487 g/mol. The summed E-state index contributed by atoms with van der Waals surface area (Å²) >= 11 is 1.23. The van der Waals surface area contributed by atoms with Gasteiger partial charge in [0.15, 0.2) is 11.0 Å². The highest BCUT2D eigenvalue weighted by Crippen LogP contribution is 2.26. The summed E-state index contributed by atoms with van der Waals surface area (Å²) in [6, 6.07) is 13.5. The van der Waals surface area contributed by atoms with Crippen molar-refractivity contribution in [3.63, 3.8) is 0 Å². The lowest BCUT2D eigenvalue weighted by Gasteiger charge is -2.32. The van der Waals surface area contributed by atoms with Crippen molar-refractivity contribution in [2.75, 3.05) is 32.6 Å². The Bertz CT molecular complexity index is 1110. The minimum absolute atomic E-state index is 0.00846. The standard InChI is InChI=1S/C24H27FN4O4S/c1-3-17-14-28(12-13-32-17)23(30)16-34-24-27-26-22(29(24)21-7-5-4-6-20(21)25)15-33-19-10-8-18(31-2)9-11-19/h4-11,17H,3,12-16H2,1-2H3. The van der Waals surface area contributed by atoms with Crippen LogP contribution in [0.4, 0.5) is 4.39 Å². The third-order valence-electron chi connectivity index (χ3n) is 5.49. The van der Waals surface area contributed by atoms with E-state index in [9.17, 15) is 9.18 Å². The van der Waals surface area contributed by atoms with Gasteiger partial charge in [0.05, 0.1) is 31.3 Å². The first-order valence-electron chi connectivity index (χ1n) is 11.1. The molecule has 0 aliphatic carbocycles. The fourth-order valence-corrected chi connectivity index (χ4v) is 4.46. The van der Waals surface area contributed by atoms with Crippen molar-refractivity contribution in [3.8, 4) is 17.2 Å². The first kappa shape index (κ1) is 24.0. The monoisotopic (exact) mass is 486 g/mol. The molecule has 180 valence electrons. The number of morpholine rings is 1. The summed E-state index contributed by atoms with van der Waals surface area (Å²) in [5.74, 6) is 1.50. The van der Waals surface area contributed by atoms with E-state index in [1.54, 1.807) is 54.1 Å². The summed E-state index contributed by atoms with van der Waals surface area (Å²) in [4.78, 5) is 14.6. The normalized spacial score (nSPS) is 15.9. The predicted octanol–water partition coefficient (Wildman–Crippen LogP) is 3.72. The molecule has 1 aliphatic heterocycles. The van der Waals surface area contributed by atoms with E-state index in [4.69, 9.17) is 14.2 Å². The number of rotatable bonds is 9. The fraction of sp³-hybridized carbons (Fsp3) is 0.375. The highest BCUT2D eigenvalue weighted by molar-refractivity contribution is 7.99. The number of thioether (sulfide) groups is 1. The molecule has 0 bridgehead atoms. The number of hydrogen-bond donors (Lipinski definition) is 0. The summed E-state index contributed by atoms with van der Waals surface area (Å²) in [7, 11) is 1.60. The van der Waals surface area contributed by atoms with E-state index in [1.807, 2.05) is 11.8 Å². The van der Waals surface area contributed by atoms with Crippen LogP contribution in [-0.2, 0) is 16.1 Å². The lowest BCUT2D eigenvalue weighted by molar-refractivity contribution is -0.135. The van der Waals surface area contributed by atoms with Gasteiger partial charge in [0.2, 0.25) is 5.91 Å². The molecule has 0 saturated carbocycles. The summed E-state index contributed by atoms with van der Waals surface area (Å²) in [6.07, 6.45) is 0.919. The van der Waals surface area contributed by atoms with Crippen LogP contribution in [0.1, 0.15) is 19.2 Å². The SMILES string of the molecule is CCC1CN(C(=O)CSc2nnc(COc3ccc(OC)cc3)n2-c2ccccc2F)CCO1. The third kappa shape index (κ3) is 5.68. The Morgan fingerprint density at radius 3 is 2.68 bits per heavy atom. The first-order valence-corrected chi connectivity index (χ1v) is 12.1. The maximum Gasteiger partial charge on any atom is 0.233 e. The van der Waals surface area contributed by atoms with Crippen molar-refractivity contribution in [2.24, 2.45) is 0 Å². The molecular formula is C24H27FN4O4S. The van der Waals surface area contributed by atoms with Gasteiger partial charge in [-0.05, 0) is 42.8 Å². The van der Waals surface area contributed by atoms with Gasteiger partial charge in [-0.1, -0.05) is 30.8 Å². The predicted molar refractivity (Wildman–Crippen MR) is 126 cm³/mol. The molecule has 0 spiro atoms. The fourth-order valence-electron chi connectivity index (χ4n) is 3.59. The average Bonchev–Trinajstić information content (AvgIpc) is 3.29. The Morgan fingerprint density at radius 2 is 1.94 bits per heavy atom. The smallest absolute Gasteiger partial charge is 0.233 e. The van der Waals surface area contributed by atoms with Gasteiger partial charge < -0.3 is 19.1 Å². The lowest BCUT2D eigenvalue weighted by Crippen LogP contribution is -2.46. The molecule has 4 rings (SSSR count). The molecule has 1 unspecified atom stereocenters. The van der Waals surface area contributed by atoms with E-state index >= 15 is 0 Å². The molecule has 3 aromatic rings. The lowest BCUT2D eigenvalue weighted by atomic mass is 10.2. The number of carbonyl (C=O) groups excluding carboxylic acids is 1. The second-order valence-corrected chi connectivity index (χ2v) is 8.62. The first-order chi connectivity index (χ1) is 16.6. The van der Waals surface area contributed by atoms with Gasteiger partial charge in [-0.15, -0.1) is 10.2 Å². The molecule has 1 aliphatic rings. The van der Waals surface area contributed by atoms with Gasteiger partial charge in [-0.2, -0.15) is 0 Å². The summed E-state index contributed by atoms with van der Waals surface area (Å²) in [6.45, 7) is 3.80. The van der Waals surface area contributed by atoms with Gasteiger partial charge >= 0.3 is 0 Å². The van der Waals surface area contributed by atoms with Crippen molar-refractivity contribution >= 4 is 17.7 Å². The van der Waals surface area contributed by atoms with Crippen LogP contribution in [0, 0.1) is 5.82 Å². The van der Waals surface area contributed by atoms with E-state index in [0.29, 0.717) is 42.1 Å². The second kappa shape index (κ2) is 11.3. The number of methoxy groups -OCH3 is 1. The third-order valence-corrected chi connectivity index (χ3v) is 6.41. The number of carbonyl (C=O) groups is 1. The Labute approximate surface area is 202 Å². The zero-order valence-electron chi connectivity index (χ0n) is 19.1. The van der Waals surface area contributed by atoms with Crippen LogP contribution in [0.3, 0.4) is 0 Å². The van der Waals surface area contributed by atoms with E-state index in [0.717, 1.165) is 12.2 Å². The van der Waals surface area contributed by atoms with Crippen LogP contribution in [0.25, 0.3) is 5.69 Å². The van der Waals surface area contributed by atoms with Crippen LogP contribution >= 0.6 is 11.8 Å². The minimum Gasteiger partial charge on any atom is -0.497 e. The molecule has 1 atom stereocenters. The topological polar surface area (TPSA) is 78.7 Å². The van der Waals surface area contributed by atoms with E-state index in [2.05, 4.69) is 10.2 Å². The Balaban J connectivity index is 1.51. The van der Waals surface area contributed by atoms with Gasteiger partial charge in [-0.25, -0.2) is 4.39 Å². The largest absolute Gasteiger partial charge is 0.497 e. The zero-order valence-corrected chi connectivity index (χ0v) is 20.0. The number of benzene rings is 2. The molecule has 1 saturated heterocycles. The highest BCUT2D eigenvalue weighted by atomic mass is 32.2. The van der Waals surface area contributed by atoms with Crippen LogP contribution < -0.4 is 9.47 Å². The molecule has 10 heteroatoms. The van der Waals surface area contributed by atoms with Crippen molar-refractivity contribution in [1.82, 2.24) is 19.7 Å². The zero-order chi connectivity index (χ0) is 23.9. The van der Waals surface area contributed by atoms with Crippen LogP contribution in [-0.4, -0.2) is 64.2 Å². The van der Waals surface area contributed by atoms with Gasteiger partial charge in [-0.3, -0.25) is 9.36 Å². The molecule has 2 heterocycles. The van der Waals surface area contributed by atoms with Gasteiger partial charge in [0.25, 0.3) is 0 Å². The van der Waals surface area contributed by atoms with Gasteiger partial charge in [0.1, 0.15) is 23.9 Å². The van der Waals surface area contributed by atoms with Crippen molar-refractivity contribution in [2.45, 2.75) is 31.2 Å². The number of halogens is 1. The number of para-hydroxylation sites is 1. The molecule has 0 N–H and O–H groups in total. The quantitative estimate of drug-likeness (QED) is 0.427. The summed E-state index contributed by atoms with van der Waals surface area (Å²) in [5, 5.41) is 8.89. The van der Waals surface area contributed by atoms with E-state index < -0.39 is 5.82 Å². The maximum absolute atomic E-state index is 14.7. The van der Waals surface area contributed by atoms with E-state index in [1.165, 1.54) is 17.8 Å². The number of amides is 1. The molecule has 1 aromatic heterocycles. The number of aromatic nitrogens is 3. The highest BCUT2D eigenvalue weighted by Gasteiger charge is 2.24. The van der Waals surface area contributed by atoms with Crippen molar-refractivity contribution in [1.29, 1.82) is 0 Å². The maximum atomic E-state index is 14.7. The Kier molecular flexibility index (Phi) is 8.02. The minimum atomic E-state index is -0.417. The molecule has 2 aromatic carbocycles. The molecule has 8 nitrogen and oxygen atoms in total. The Hall–Kier alpha value is -3.11. The Morgan fingerprint density at radius 1 is 1.18 bits per heavy atom. The summed E-state index contributed by atoms with van der Waals surface area (Å²) in [5.41, 5.74) is 0.299. The molecule has 34 heavy (non-hydrogen) atoms. The van der Waals surface area contributed by atoms with E-state index in [-0.39, 0.29) is 24.4 Å². The van der Waals surface area contributed by atoms with Gasteiger partial charge in [0, 0.05) is 13.1 Å². The van der Waals surface area contributed by atoms with Crippen LogP contribution in [0.5, 0.6) is 11.5 Å². The van der Waals surface area contributed by atoms with Crippen LogP contribution in [0.2, 0.25) is 0 Å². The molecule has 0 radical (unpaired) electrons. The van der Waals surface area contributed by atoms with Crippen LogP contribution in [0.15, 0.2) is 53.7 Å².